The van der Waals surface area contributed by atoms with E-state index < -0.39 is 0 Å². The van der Waals surface area contributed by atoms with Crippen LogP contribution in [0, 0.1) is 0 Å². The molecule has 84 valence electrons. The van der Waals surface area contributed by atoms with E-state index in [1.807, 2.05) is 12.1 Å². The number of benzene rings is 1. The van der Waals surface area contributed by atoms with Crippen LogP contribution in [0.15, 0.2) is 24.3 Å². The fourth-order valence-electron chi connectivity index (χ4n) is 1.65. The summed E-state index contributed by atoms with van der Waals surface area (Å²) in [5.74, 6) is 0. The fourth-order valence-corrected chi connectivity index (χ4v) is 1.78. The predicted molar refractivity (Wildman–Crippen MR) is 67.5 cm³/mol. The monoisotopic (exact) mass is 225 g/mol. The zero-order chi connectivity index (χ0) is 11.1. The molecule has 0 spiro atoms. The molecule has 0 amide bonds. The molecular weight excluding hydrogens is 206 g/mol. The second-order valence-electron chi connectivity index (χ2n) is 4.02. The number of nitrogens with one attached hydrogen (secondary N) is 1. The molecule has 0 saturated heterocycles. The van der Waals surface area contributed by atoms with Crippen molar-refractivity contribution in [2.24, 2.45) is 0 Å². The molecule has 1 nitrogen and oxygen atoms in total. The van der Waals surface area contributed by atoms with Crippen molar-refractivity contribution in [1.82, 2.24) is 5.32 Å². The Kier molecular flexibility index (Phi) is 5.74. The molecule has 0 heterocycles. The minimum Gasteiger partial charge on any atom is -0.314 e. The first kappa shape index (κ1) is 12.5. The van der Waals surface area contributed by atoms with Crippen LogP contribution >= 0.6 is 11.6 Å². The maximum absolute atomic E-state index is 5.82. The van der Waals surface area contributed by atoms with Gasteiger partial charge in [-0.3, -0.25) is 0 Å². The SMILES string of the molecule is CCCC(C)NCCc1ccc(Cl)cc1. The average molecular weight is 226 g/mol. The van der Waals surface area contributed by atoms with E-state index in [0.29, 0.717) is 6.04 Å². The summed E-state index contributed by atoms with van der Waals surface area (Å²) < 4.78 is 0. The van der Waals surface area contributed by atoms with E-state index in [9.17, 15) is 0 Å². The third kappa shape index (κ3) is 5.19. The first-order valence-electron chi connectivity index (χ1n) is 5.70. The fraction of sp³-hybridized carbons (Fsp3) is 0.538. The van der Waals surface area contributed by atoms with Gasteiger partial charge in [-0.05, 0) is 44.0 Å². The Morgan fingerprint density at radius 2 is 1.93 bits per heavy atom. The van der Waals surface area contributed by atoms with Gasteiger partial charge in [0.25, 0.3) is 0 Å². The largest absolute Gasteiger partial charge is 0.314 e. The van der Waals surface area contributed by atoms with Crippen molar-refractivity contribution >= 4 is 11.6 Å². The molecule has 1 unspecified atom stereocenters. The molecule has 2 heteroatoms. The van der Waals surface area contributed by atoms with Crippen molar-refractivity contribution in [3.63, 3.8) is 0 Å². The van der Waals surface area contributed by atoms with E-state index in [-0.39, 0.29) is 0 Å². The molecule has 0 aromatic heterocycles. The standard InChI is InChI=1S/C13H20ClN/c1-3-4-11(2)15-10-9-12-5-7-13(14)8-6-12/h5-8,11,15H,3-4,9-10H2,1-2H3. The number of halogens is 1. The highest BCUT2D eigenvalue weighted by molar-refractivity contribution is 6.30. The van der Waals surface area contributed by atoms with Gasteiger partial charge < -0.3 is 5.32 Å². The van der Waals surface area contributed by atoms with Gasteiger partial charge in [-0.25, -0.2) is 0 Å². The van der Waals surface area contributed by atoms with Gasteiger partial charge in [0.05, 0.1) is 0 Å². The molecule has 0 aliphatic carbocycles. The highest BCUT2D eigenvalue weighted by atomic mass is 35.5. The van der Waals surface area contributed by atoms with E-state index in [2.05, 4.69) is 31.3 Å². The van der Waals surface area contributed by atoms with E-state index >= 15 is 0 Å². The first-order valence-corrected chi connectivity index (χ1v) is 6.08. The molecule has 1 rings (SSSR count). The summed E-state index contributed by atoms with van der Waals surface area (Å²) in [6.45, 7) is 5.51. The van der Waals surface area contributed by atoms with Crippen LogP contribution in [0.4, 0.5) is 0 Å². The molecule has 0 radical (unpaired) electrons. The van der Waals surface area contributed by atoms with Crippen molar-refractivity contribution in [1.29, 1.82) is 0 Å². The van der Waals surface area contributed by atoms with E-state index in [1.165, 1.54) is 18.4 Å². The van der Waals surface area contributed by atoms with Crippen LogP contribution in [-0.4, -0.2) is 12.6 Å². The maximum Gasteiger partial charge on any atom is 0.0406 e. The van der Waals surface area contributed by atoms with Gasteiger partial charge in [-0.1, -0.05) is 37.1 Å². The first-order chi connectivity index (χ1) is 7.22. The molecular formula is C13H20ClN. The summed E-state index contributed by atoms with van der Waals surface area (Å²) in [7, 11) is 0. The Morgan fingerprint density at radius 1 is 1.27 bits per heavy atom. The topological polar surface area (TPSA) is 12.0 Å². The molecule has 1 atom stereocenters. The van der Waals surface area contributed by atoms with E-state index in [4.69, 9.17) is 11.6 Å². The van der Waals surface area contributed by atoms with Gasteiger partial charge in [0.1, 0.15) is 0 Å². The summed E-state index contributed by atoms with van der Waals surface area (Å²) in [5.41, 5.74) is 1.34. The highest BCUT2D eigenvalue weighted by Gasteiger charge is 1.99. The lowest BCUT2D eigenvalue weighted by Gasteiger charge is -2.12. The molecule has 0 saturated carbocycles. The van der Waals surface area contributed by atoms with E-state index in [0.717, 1.165) is 18.0 Å². The zero-order valence-corrected chi connectivity index (χ0v) is 10.3. The van der Waals surface area contributed by atoms with E-state index in [1.54, 1.807) is 0 Å². The minimum absolute atomic E-state index is 0.627. The maximum atomic E-state index is 5.82. The summed E-state index contributed by atoms with van der Waals surface area (Å²) in [6.07, 6.45) is 3.57. The quantitative estimate of drug-likeness (QED) is 0.779. The second kappa shape index (κ2) is 6.86. The van der Waals surface area contributed by atoms with Gasteiger partial charge in [-0.15, -0.1) is 0 Å². The summed E-state index contributed by atoms with van der Waals surface area (Å²) >= 11 is 5.82. The molecule has 0 bridgehead atoms. The van der Waals surface area contributed by atoms with Crippen LogP contribution in [0.5, 0.6) is 0 Å². The normalized spacial score (nSPS) is 12.7. The molecule has 1 aromatic rings. The number of rotatable bonds is 6. The third-order valence-corrected chi connectivity index (χ3v) is 2.79. The molecule has 0 fully saturated rings. The highest BCUT2D eigenvalue weighted by Crippen LogP contribution is 2.09. The van der Waals surface area contributed by atoms with Crippen LogP contribution < -0.4 is 5.32 Å². The second-order valence-corrected chi connectivity index (χ2v) is 4.46. The predicted octanol–water partition coefficient (Wildman–Crippen LogP) is 3.66. The Balaban J connectivity index is 2.22. The van der Waals surface area contributed by atoms with Crippen LogP contribution in [0.1, 0.15) is 32.3 Å². The van der Waals surface area contributed by atoms with Crippen LogP contribution in [0.25, 0.3) is 0 Å². The van der Waals surface area contributed by atoms with Crippen molar-refractivity contribution in [3.05, 3.63) is 34.9 Å². The Labute approximate surface area is 97.8 Å². The van der Waals surface area contributed by atoms with Gasteiger partial charge >= 0.3 is 0 Å². The lowest BCUT2D eigenvalue weighted by Crippen LogP contribution is -2.27. The lowest BCUT2D eigenvalue weighted by molar-refractivity contribution is 0.512. The number of hydrogen-bond donors (Lipinski definition) is 1. The Morgan fingerprint density at radius 3 is 2.53 bits per heavy atom. The van der Waals surface area contributed by atoms with Crippen molar-refractivity contribution < 1.29 is 0 Å². The molecule has 0 aliphatic rings. The van der Waals surface area contributed by atoms with Crippen molar-refractivity contribution in [2.45, 2.75) is 39.2 Å². The van der Waals surface area contributed by atoms with Gasteiger partial charge in [-0.2, -0.15) is 0 Å². The van der Waals surface area contributed by atoms with Gasteiger partial charge in [0, 0.05) is 11.1 Å². The van der Waals surface area contributed by atoms with Crippen molar-refractivity contribution in [2.75, 3.05) is 6.54 Å². The molecule has 1 N–H and O–H groups in total. The molecule has 15 heavy (non-hydrogen) atoms. The summed E-state index contributed by atoms with van der Waals surface area (Å²) in [6, 6.07) is 8.71. The third-order valence-electron chi connectivity index (χ3n) is 2.54. The smallest absolute Gasteiger partial charge is 0.0406 e. The van der Waals surface area contributed by atoms with Crippen LogP contribution in [0.2, 0.25) is 5.02 Å². The average Bonchev–Trinajstić information content (AvgIpc) is 2.21. The van der Waals surface area contributed by atoms with Gasteiger partial charge in [0.2, 0.25) is 0 Å². The Hall–Kier alpha value is -0.530. The number of hydrogen-bond acceptors (Lipinski definition) is 1. The molecule has 0 aliphatic heterocycles. The van der Waals surface area contributed by atoms with Crippen LogP contribution in [0.3, 0.4) is 0 Å². The summed E-state index contributed by atoms with van der Waals surface area (Å²) in [5, 5.41) is 4.32. The van der Waals surface area contributed by atoms with Gasteiger partial charge in [0.15, 0.2) is 0 Å². The van der Waals surface area contributed by atoms with Crippen LogP contribution in [-0.2, 0) is 6.42 Å². The summed E-state index contributed by atoms with van der Waals surface area (Å²) in [4.78, 5) is 0. The molecule has 1 aromatic carbocycles. The Bertz CT molecular complexity index is 268. The lowest BCUT2D eigenvalue weighted by atomic mass is 10.1. The van der Waals surface area contributed by atoms with Crippen molar-refractivity contribution in [3.8, 4) is 0 Å². The minimum atomic E-state index is 0.627. The zero-order valence-electron chi connectivity index (χ0n) is 9.59.